The largest absolute Gasteiger partial charge is 0.478 e. The van der Waals surface area contributed by atoms with Gasteiger partial charge >= 0.3 is 5.97 Å². The van der Waals surface area contributed by atoms with Crippen LogP contribution in [0, 0.1) is 0 Å². The third-order valence-corrected chi connectivity index (χ3v) is 2.61. The van der Waals surface area contributed by atoms with Gasteiger partial charge in [-0.2, -0.15) is 5.10 Å². The van der Waals surface area contributed by atoms with Gasteiger partial charge in [0.25, 0.3) is 5.91 Å². The molecule has 0 unspecified atom stereocenters. The molecule has 6 nitrogen and oxygen atoms in total. The topological polar surface area (TPSA) is 84.2 Å². The molecule has 0 saturated heterocycles. The number of hydrogen-bond acceptors (Lipinski definition) is 3. The van der Waals surface area contributed by atoms with E-state index in [9.17, 15) is 9.59 Å². The van der Waals surface area contributed by atoms with Gasteiger partial charge in [0.2, 0.25) is 0 Å². The molecule has 0 aromatic carbocycles. The molecule has 0 aliphatic heterocycles. The van der Waals surface area contributed by atoms with Gasteiger partial charge in [-0.3, -0.25) is 9.48 Å². The molecule has 0 aliphatic rings. The van der Waals surface area contributed by atoms with Crippen molar-refractivity contribution in [2.45, 2.75) is 33.7 Å². The summed E-state index contributed by atoms with van der Waals surface area (Å²) in [6.07, 6.45) is 3.23. The van der Waals surface area contributed by atoms with Crippen molar-refractivity contribution in [2.24, 2.45) is 0 Å². The highest BCUT2D eigenvalue weighted by molar-refractivity contribution is 6.07. The monoisotopic (exact) mass is 251 g/mol. The zero-order valence-electron chi connectivity index (χ0n) is 10.9. The van der Waals surface area contributed by atoms with Crippen molar-refractivity contribution in [1.29, 1.82) is 0 Å². The highest BCUT2D eigenvalue weighted by atomic mass is 16.4. The Morgan fingerprint density at radius 2 is 1.94 bits per heavy atom. The Morgan fingerprint density at radius 3 is 2.39 bits per heavy atom. The summed E-state index contributed by atoms with van der Waals surface area (Å²) in [5.41, 5.74) is 0.759. The van der Waals surface area contributed by atoms with Crippen molar-refractivity contribution in [3.8, 4) is 0 Å². The van der Waals surface area contributed by atoms with Crippen LogP contribution >= 0.6 is 0 Å². The third kappa shape index (κ3) is 3.19. The molecule has 98 valence electrons. The first-order valence-electron chi connectivity index (χ1n) is 5.59. The van der Waals surface area contributed by atoms with Crippen molar-refractivity contribution in [3.05, 3.63) is 23.5 Å². The first-order chi connectivity index (χ1) is 8.32. The number of hydrogen-bond donors (Lipinski definition) is 2. The normalized spacial score (nSPS) is 12.3. The lowest BCUT2D eigenvalue weighted by molar-refractivity contribution is -0.133. The molecule has 1 heterocycles. The van der Waals surface area contributed by atoms with Gasteiger partial charge in [0, 0.05) is 23.4 Å². The van der Waals surface area contributed by atoms with Crippen molar-refractivity contribution in [2.75, 3.05) is 5.32 Å². The molecule has 0 aliphatic carbocycles. The summed E-state index contributed by atoms with van der Waals surface area (Å²) >= 11 is 0. The second-order valence-electron chi connectivity index (χ2n) is 4.31. The Hall–Kier alpha value is -2.11. The Labute approximate surface area is 105 Å². The number of carbonyl (C=O) groups excluding carboxylic acids is 1. The van der Waals surface area contributed by atoms with E-state index in [1.165, 1.54) is 20.0 Å². The van der Waals surface area contributed by atoms with Gasteiger partial charge in [0.05, 0.1) is 11.9 Å². The molecular weight excluding hydrogens is 234 g/mol. The second kappa shape index (κ2) is 5.48. The average Bonchev–Trinajstić information content (AvgIpc) is 2.75. The highest BCUT2D eigenvalue weighted by Crippen LogP contribution is 2.12. The second-order valence-corrected chi connectivity index (χ2v) is 4.31. The van der Waals surface area contributed by atoms with E-state index in [0.29, 0.717) is 5.69 Å². The number of aliphatic carboxylic acids is 1. The van der Waals surface area contributed by atoms with Gasteiger partial charge < -0.3 is 10.4 Å². The van der Waals surface area contributed by atoms with Crippen LogP contribution < -0.4 is 5.32 Å². The molecule has 0 bridgehead atoms. The maximum Gasteiger partial charge on any atom is 0.331 e. The third-order valence-electron chi connectivity index (χ3n) is 2.61. The minimum absolute atomic E-state index is 0.0313. The lowest BCUT2D eigenvalue weighted by Gasteiger charge is -2.05. The molecule has 0 fully saturated rings. The molecule has 1 aromatic rings. The molecule has 1 aromatic heterocycles. The van der Waals surface area contributed by atoms with E-state index in [0.717, 1.165) is 0 Å². The zero-order valence-corrected chi connectivity index (χ0v) is 10.9. The van der Waals surface area contributed by atoms with Gasteiger partial charge in [-0.1, -0.05) is 0 Å². The molecular formula is C12H17N3O3. The van der Waals surface area contributed by atoms with Crippen LogP contribution in [-0.2, 0) is 9.59 Å². The predicted octanol–water partition coefficient (Wildman–Crippen LogP) is 1.82. The fourth-order valence-corrected chi connectivity index (χ4v) is 1.24. The van der Waals surface area contributed by atoms with Crippen molar-refractivity contribution in [1.82, 2.24) is 9.78 Å². The van der Waals surface area contributed by atoms with Crippen molar-refractivity contribution < 1.29 is 14.7 Å². The molecule has 1 amide bonds. The summed E-state index contributed by atoms with van der Waals surface area (Å²) in [6.45, 7) is 6.82. The predicted molar refractivity (Wildman–Crippen MR) is 67.3 cm³/mol. The van der Waals surface area contributed by atoms with Gasteiger partial charge in [-0.05, 0) is 27.7 Å². The van der Waals surface area contributed by atoms with Crippen LogP contribution in [0.25, 0.3) is 0 Å². The minimum atomic E-state index is -1.10. The Bertz CT molecular complexity index is 500. The number of nitrogens with zero attached hydrogens (tertiary/aromatic N) is 2. The Kier molecular flexibility index (Phi) is 4.25. The molecule has 2 N–H and O–H groups in total. The molecule has 0 saturated carbocycles. The van der Waals surface area contributed by atoms with E-state index >= 15 is 0 Å². The molecule has 6 heteroatoms. The Morgan fingerprint density at radius 1 is 1.33 bits per heavy atom. The van der Waals surface area contributed by atoms with E-state index in [1.807, 2.05) is 13.8 Å². The number of aromatic nitrogens is 2. The van der Waals surface area contributed by atoms with Gasteiger partial charge in [-0.25, -0.2) is 4.79 Å². The number of carbonyl (C=O) groups is 2. The fraction of sp³-hybridized carbons (Fsp3) is 0.417. The molecule has 1 rings (SSSR count). The number of carboxylic acid groups (broad SMARTS) is 1. The van der Waals surface area contributed by atoms with Crippen LogP contribution in [0.3, 0.4) is 0 Å². The van der Waals surface area contributed by atoms with Crippen LogP contribution in [0.1, 0.15) is 33.7 Å². The highest BCUT2D eigenvalue weighted by Gasteiger charge is 2.13. The summed E-state index contributed by atoms with van der Waals surface area (Å²) in [5.74, 6) is -1.53. The van der Waals surface area contributed by atoms with Crippen LogP contribution in [0.4, 0.5) is 5.69 Å². The molecule has 0 radical (unpaired) electrons. The fourth-order valence-electron chi connectivity index (χ4n) is 1.24. The zero-order chi connectivity index (χ0) is 13.9. The molecule has 18 heavy (non-hydrogen) atoms. The first kappa shape index (κ1) is 14.0. The SMILES string of the molecule is C/C(C(=O)O)=C(\C)C(=O)Nc1cnn(C(C)C)c1. The standard InChI is InChI=1S/C12H17N3O3/c1-7(2)15-6-10(5-13-15)14-11(16)8(3)9(4)12(17)18/h5-7H,1-4H3,(H,14,16)(H,17,18)/b9-8-. The molecule has 0 atom stereocenters. The lowest BCUT2D eigenvalue weighted by atomic mass is 10.1. The number of nitrogens with one attached hydrogen (secondary N) is 1. The van der Waals surface area contributed by atoms with Gasteiger partial charge in [-0.15, -0.1) is 0 Å². The van der Waals surface area contributed by atoms with Crippen molar-refractivity contribution >= 4 is 17.6 Å². The van der Waals surface area contributed by atoms with Gasteiger partial charge in [0.15, 0.2) is 0 Å². The summed E-state index contributed by atoms with van der Waals surface area (Å²) in [5, 5.41) is 15.5. The Balaban J connectivity index is 2.82. The lowest BCUT2D eigenvalue weighted by Crippen LogP contribution is -2.15. The summed E-state index contributed by atoms with van der Waals surface area (Å²) in [7, 11) is 0. The van der Waals surface area contributed by atoms with Crippen LogP contribution in [0.15, 0.2) is 23.5 Å². The van der Waals surface area contributed by atoms with E-state index < -0.39 is 11.9 Å². The van der Waals surface area contributed by atoms with Crippen LogP contribution in [0.2, 0.25) is 0 Å². The summed E-state index contributed by atoms with van der Waals surface area (Å²) in [4.78, 5) is 22.5. The number of carboxylic acids is 1. The first-order valence-corrected chi connectivity index (χ1v) is 5.59. The summed E-state index contributed by atoms with van der Waals surface area (Å²) in [6, 6.07) is 0.202. The van der Waals surface area contributed by atoms with Crippen LogP contribution in [-0.4, -0.2) is 26.8 Å². The van der Waals surface area contributed by atoms with E-state index in [1.54, 1.807) is 10.9 Å². The molecule has 0 spiro atoms. The average molecular weight is 251 g/mol. The smallest absolute Gasteiger partial charge is 0.331 e. The van der Waals surface area contributed by atoms with Crippen molar-refractivity contribution in [3.63, 3.8) is 0 Å². The number of amides is 1. The minimum Gasteiger partial charge on any atom is -0.478 e. The van der Waals surface area contributed by atoms with Crippen LogP contribution in [0.5, 0.6) is 0 Å². The van der Waals surface area contributed by atoms with E-state index in [-0.39, 0.29) is 17.2 Å². The summed E-state index contributed by atoms with van der Waals surface area (Å²) < 4.78 is 1.71. The number of rotatable bonds is 4. The quantitative estimate of drug-likeness (QED) is 0.799. The maximum absolute atomic E-state index is 11.8. The van der Waals surface area contributed by atoms with Gasteiger partial charge in [0.1, 0.15) is 0 Å². The maximum atomic E-state index is 11.8. The van der Waals surface area contributed by atoms with E-state index in [2.05, 4.69) is 10.4 Å². The van der Waals surface area contributed by atoms with E-state index in [4.69, 9.17) is 5.11 Å². The number of anilines is 1.